The van der Waals surface area contributed by atoms with Gasteiger partial charge in [-0.15, -0.1) is 0 Å². The van der Waals surface area contributed by atoms with E-state index in [1.165, 1.54) is 161 Å². The summed E-state index contributed by atoms with van der Waals surface area (Å²) in [6.45, 7) is 4.82. The van der Waals surface area contributed by atoms with Gasteiger partial charge in [0, 0.05) is 12.8 Å². The molecule has 0 aliphatic carbocycles. The minimum atomic E-state index is -0.854. The first-order valence-electron chi connectivity index (χ1n) is 26.4. The second-order valence-electron chi connectivity index (χ2n) is 17.8. The van der Waals surface area contributed by atoms with Gasteiger partial charge in [-0.1, -0.05) is 210 Å². The molecule has 356 valence electrons. The highest BCUT2D eigenvalue weighted by Crippen LogP contribution is 2.14. The normalized spacial score (nSPS) is 13.0. The number of carbonyl (C=O) groups is 2. The topological polar surface area (TPSA) is 95.9 Å². The van der Waals surface area contributed by atoms with Crippen molar-refractivity contribution in [1.29, 1.82) is 0 Å². The maximum Gasteiger partial charge on any atom is 0.305 e. The molecule has 1 amide bonds. The van der Waals surface area contributed by atoms with Gasteiger partial charge in [0.1, 0.15) is 0 Å². The van der Waals surface area contributed by atoms with E-state index in [1.54, 1.807) is 6.08 Å². The van der Waals surface area contributed by atoms with Gasteiger partial charge in [-0.05, 0) is 89.9 Å². The third-order valence-electron chi connectivity index (χ3n) is 11.8. The van der Waals surface area contributed by atoms with Crippen molar-refractivity contribution < 1.29 is 24.5 Å². The monoisotopic (exact) mass is 856 g/mol. The number of carbonyl (C=O) groups excluding carboxylic acids is 2. The van der Waals surface area contributed by atoms with Crippen LogP contribution in [0.3, 0.4) is 0 Å². The molecule has 0 aliphatic rings. The average molecular weight is 856 g/mol. The van der Waals surface area contributed by atoms with Crippen molar-refractivity contribution in [3.63, 3.8) is 0 Å². The van der Waals surface area contributed by atoms with E-state index in [9.17, 15) is 19.8 Å². The number of rotatable bonds is 48. The minimum absolute atomic E-state index is 0.0199. The highest BCUT2D eigenvalue weighted by molar-refractivity contribution is 5.76. The Bertz CT molecular complexity index is 1040. The van der Waals surface area contributed by atoms with Crippen LogP contribution in [0.15, 0.2) is 48.6 Å². The van der Waals surface area contributed by atoms with Gasteiger partial charge in [-0.3, -0.25) is 9.59 Å². The lowest BCUT2D eigenvalue weighted by Crippen LogP contribution is -2.45. The second kappa shape index (κ2) is 50.5. The number of allylic oxidation sites excluding steroid dienone is 7. The van der Waals surface area contributed by atoms with Gasteiger partial charge in [-0.25, -0.2) is 0 Å². The molecule has 0 saturated heterocycles. The van der Waals surface area contributed by atoms with Crippen molar-refractivity contribution in [2.24, 2.45) is 0 Å². The van der Waals surface area contributed by atoms with Crippen LogP contribution >= 0.6 is 0 Å². The fourth-order valence-corrected chi connectivity index (χ4v) is 7.71. The summed E-state index contributed by atoms with van der Waals surface area (Å²) in [5.41, 5.74) is 0. The summed E-state index contributed by atoms with van der Waals surface area (Å²) >= 11 is 0. The van der Waals surface area contributed by atoms with Crippen LogP contribution in [0, 0.1) is 0 Å². The minimum Gasteiger partial charge on any atom is -0.466 e. The maximum atomic E-state index is 12.4. The van der Waals surface area contributed by atoms with E-state index >= 15 is 0 Å². The number of hydrogen-bond acceptors (Lipinski definition) is 5. The summed E-state index contributed by atoms with van der Waals surface area (Å²) in [5, 5.41) is 23.0. The van der Waals surface area contributed by atoms with Crippen LogP contribution in [-0.2, 0) is 14.3 Å². The number of amides is 1. The Balaban J connectivity index is 3.50. The predicted octanol–water partition coefficient (Wildman–Crippen LogP) is 15.8. The van der Waals surface area contributed by atoms with Crippen LogP contribution in [0.25, 0.3) is 0 Å². The zero-order valence-electron chi connectivity index (χ0n) is 40.4. The molecular weight excluding hydrogens is 755 g/mol. The molecule has 6 nitrogen and oxygen atoms in total. The first-order valence-corrected chi connectivity index (χ1v) is 26.4. The Morgan fingerprint density at radius 1 is 0.459 bits per heavy atom. The van der Waals surface area contributed by atoms with Gasteiger partial charge in [0.25, 0.3) is 0 Å². The molecule has 6 heteroatoms. The molecule has 0 radical (unpaired) electrons. The van der Waals surface area contributed by atoms with Gasteiger partial charge < -0.3 is 20.3 Å². The standard InChI is InChI=1S/C55H101NO5/c1-3-5-7-9-11-13-15-17-18-19-22-25-29-33-37-41-45-49-55(60)61-50-46-42-38-34-30-26-23-20-21-24-28-32-36-40-44-48-54(59)56-52(51-57)53(58)47-43-39-35-31-27-16-14-12-10-8-6-4-2/h11,13,17-18,23,26,43,47,52-53,57-58H,3-10,12,14-16,19-22,24-25,27-42,44-46,48-51H2,1-2H3,(H,56,59)/b13-11-,18-17-,26-23-,47-43+. The van der Waals surface area contributed by atoms with Crippen molar-refractivity contribution in [1.82, 2.24) is 5.32 Å². The lowest BCUT2D eigenvalue weighted by atomic mass is 10.1. The zero-order valence-corrected chi connectivity index (χ0v) is 40.4. The lowest BCUT2D eigenvalue weighted by molar-refractivity contribution is -0.143. The Kier molecular flexibility index (Phi) is 48.7. The highest BCUT2D eigenvalue weighted by atomic mass is 16.5. The summed E-state index contributed by atoms with van der Waals surface area (Å²) in [7, 11) is 0. The van der Waals surface area contributed by atoms with Crippen molar-refractivity contribution in [3.8, 4) is 0 Å². The fourth-order valence-electron chi connectivity index (χ4n) is 7.71. The predicted molar refractivity (Wildman–Crippen MR) is 264 cm³/mol. The van der Waals surface area contributed by atoms with Gasteiger partial charge in [0.05, 0.1) is 25.4 Å². The van der Waals surface area contributed by atoms with Crippen LogP contribution in [-0.4, -0.2) is 47.4 Å². The molecule has 0 heterocycles. The van der Waals surface area contributed by atoms with Crippen molar-refractivity contribution in [2.75, 3.05) is 13.2 Å². The molecular formula is C55H101NO5. The van der Waals surface area contributed by atoms with E-state index in [0.717, 1.165) is 77.0 Å². The number of esters is 1. The second-order valence-corrected chi connectivity index (χ2v) is 17.8. The Morgan fingerprint density at radius 2 is 0.820 bits per heavy atom. The lowest BCUT2D eigenvalue weighted by Gasteiger charge is -2.20. The Hall–Kier alpha value is -2.18. The quantitative estimate of drug-likeness (QED) is 0.0322. The highest BCUT2D eigenvalue weighted by Gasteiger charge is 2.18. The average Bonchev–Trinajstić information content (AvgIpc) is 3.26. The number of aliphatic hydroxyl groups excluding tert-OH is 2. The molecule has 0 rings (SSSR count). The van der Waals surface area contributed by atoms with Gasteiger partial charge in [-0.2, -0.15) is 0 Å². The van der Waals surface area contributed by atoms with Crippen molar-refractivity contribution >= 4 is 11.9 Å². The molecule has 0 aromatic rings. The van der Waals surface area contributed by atoms with Gasteiger partial charge in [0.2, 0.25) is 5.91 Å². The van der Waals surface area contributed by atoms with Crippen LogP contribution in [0.4, 0.5) is 0 Å². The molecule has 0 fully saturated rings. The third kappa shape index (κ3) is 47.1. The number of ether oxygens (including phenoxy) is 1. The number of hydrogen-bond donors (Lipinski definition) is 3. The SMILES string of the molecule is CCCCC/C=C\C/C=C\CCCCCCCCCC(=O)OCCCCCC/C=C\CCCCCCCCCC(=O)NC(CO)C(O)/C=C/CCCCCCCCCCCC. The van der Waals surface area contributed by atoms with Crippen molar-refractivity contribution in [3.05, 3.63) is 48.6 Å². The largest absolute Gasteiger partial charge is 0.466 e. The Labute approximate surface area is 378 Å². The van der Waals surface area contributed by atoms with Crippen LogP contribution in [0.2, 0.25) is 0 Å². The summed E-state index contributed by atoms with van der Waals surface area (Å²) in [5.74, 6) is -0.106. The molecule has 2 atom stereocenters. The maximum absolute atomic E-state index is 12.4. The number of nitrogens with one attached hydrogen (secondary N) is 1. The summed E-state index contributed by atoms with van der Waals surface area (Å²) < 4.78 is 5.46. The summed E-state index contributed by atoms with van der Waals surface area (Å²) in [6, 6.07) is -0.639. The molecule has 0 spiro atoms. The number of aliphatic hydroxyl groups is 2. The third-order valence-corrected chi connectivity index (χ3v) is 11.8. The van der Waals surface area contributed by atoms with Crippen LogP contribution in [0.5, 0.6) is 0 Å². The first kappa shape index (κ1) is 58.8. The molecule has 0 bridgehead atoms. The molecule has 0 aromatic carbocycles. The fraction of sp³-hybridized carbons (Fsp3) is 0.818. The van der Waals surface area contributed by atoms with E-state index in [2.05, 4.69) is 55.6 Å². The molecule has 2 unspecified atom stereocenters. The first-order chi connectivity index (χ1) is 30.0. The Morgan fingerprint density at radius 3 is 1.30 bits per heavy atom. The molecule has 0 aromatic heterocycles. The van der Waals surface area contributed by atoms with Crippen LogP contribution < -0.4 is 5.32 Å². The summed E-state index contributed by atoms with van der Waals surface area (Å²) in [6.07, 6.45) is 62.5. The van der Waals surface area contributed by atoms with Gasteiger partial charge >= 0.3 is 5.97 Å². The summed E-state index contributed by atoms with van der Waals surface area (Å²) in [4.78, 5) is 24.4. The zero-order chi connectivity index (χ0) is 44.4. The van der Waals surface area contributed by atoms with Crippen molar-refractivity contribution in [2.45, 2.75) is 276 Å². The van der Waals surface area contributed by atoms with E-state index in [-0.39, 0.29) is 18.5 Å². The number of unbranched alkanes of at least 4 members (excludes halogenated alkanes) is 31. The van der Waals surface area contributed by atoms with Gasteiger partial charge in [0.15, 0.2) is 0 Å². The molecule has 3 N–H and O–H groups in total. The molecule has 61 heavy (non-hydrogen) atoms. The smallest absolute Gasteiger partial charge is 0.305 e. The molecule has 0 saturated carbocycles. The molecule has 0 aliphatic heterocycles. The van der Waals surface area contributed by atoms with E-state index in [1.807, 2.05) is 6.08 Å². The van der Waals surface area contributed by atoms with Crippen LogP contribution in [0.1, 0.15) is 264 Å². The van der Waals surface area contributed by atoms with E-state index in [0.29, 0.717) is 19.4 Å². The van der Waals surface area contributed by atoms with E-state index in [4.69, 9.17) is 4.74 Å². The van der Waals surface area contributed by atoms with E-state index < -0.39 is 12.1 Å².